The first-order valence-electron chi connectivity index (χ1n) is 5.34. The summed E-state index contributed by atoms with van der Waals surface area (Å²) >= 11 is 0. The Morgan fingerprint density at radius 2 is 1.94 bits per heavy atom. The van der Waals surface area contributed by atoms with Gasteiger partial charge in [0, 0.05) is 13.1 Å². The lowest BCUT2D eigenvalue weighted by Gasteiger charge is -2.14. The van der Waals surface area contributed by atoms with Crippen LogP contribution in [-0.4, -0.2) is 38.0 Å². The van der Waals surface area contributed by atoms with Crippen molar-refractivity contribution in [1.29, 1.82) is 0 Å². The van der Waals surface area contributed by atoms with Crippen LogP contribution < -0.4 is 11.1 Å². The number of amides is 1. The summed E-state index contributed by atoms with van der Waals surface area (Å²) in [5, 5.41) is 2.81. The Labute approximate surface area is 109 Å². The Morgan fingerprint density at radius 1 is 1.35 bits per heavy atom. The first-order chi connectivity index (χ1) is 7.61. The maximum atomic E-state index is 11.7. The summed E-state index contributed by atoms with van der Waals surface area (Å²) in [7, 11) is 3.92. The van der Waals surface area contributed by atoms with Crippen LogP contribution in [0.2, 0.25) is 0 Å². The second kappa shape index (κ2) is 8.06. The average molecular weight is 258 g/mol. The highest BCUT2D eigenvalue weighted by Gasteiger charge is 2.14. The smallest absolute Gasteiger partial charge is 0.241 e. The summed E-state index contributed by atoms with van der Waals surface area (Å²) in [6.45, 7) is 1.43. The molecule has 0 saturated heterocycles. The summed E-state index contributed by atoms with van der Waals surface area (Å²) in [6.07, 6.45) is 0. The highest BCUT2D eigenvalue weighted by Crippen LogP contribution is 2.08. The number of likely N-dealkylation sites (N-methyl/N-ethyl adjacent to an activating group) is 1. The van der Waals surface area contributed by atoms with Crippen LogP contribution in [0.15, 0.2) is 30.3 Å². The molecule has 0 fully saturated rings. The number of carbonyl (C=O) groups excluding carboxylic acids is 1. The van der Waals surface area contributed by atoms with Gasteiger partial charge in [-0.2, -0.15) is 0 Å². The van der Waals surface area contributed by atoms with Crippen molar-refractivity contribution in [2.75, 3.05) is 27.2 Å². The fourth-order valence-electron chi connectivity index (χ4n) is 1.32. The minimum absolute atomic E-state index is 0. The molecule has 1 amide bonds. The predicted molar refractivity (Wildman–Crippen MR) is 72.2 cm³/mol. The zero-order valence-corrected chi connectivity index (χ0v) is 11.0. The quantitative estimate of drug-likeness (QED) is 0.820. The molecule has 0 aliphatic rings. The highest BCUT2D eigenvalue weighted by molar-refractivity contribution is 5.85. The predicted octanol–water partition coefficient (Wildman–Crippen LogP) is 0.786. The SMILES string of the molecule is CN(C)CCNC(=O)C(N)c1ccccc1.Cl. The third-order valence-electron chi connectivity index (χ3n) is 2.30. The number of rotatable bonds is 5. The van der Waals surface area contributed by atoms with Gasteiger partial charge in [-0.25, -0.2) is 0 Å². The van der Waals surface area contributed by atoms with Crippen LogP contribution in [0.4, 0.5) is 0 Å². The lowest BCUT2D eigenvalue weighted by atomic mass is 10.1. The van der Waals surface area contributed by atoms with Gasteiger partial charge in [0.05, 0.1) is 0 Å². The molecule has 0 aliphatic heterocycles. The van der Waals surface area contributed by atoms with Gasteiger partial charge in [0.25, 0.3) is 0 Å². The molecule has 0 bridgehead atoms. The molecule has 5 heteroatoms. The molecule has 1 aromatic carbocycles. The molecule has 1 atom stereocenters. The van der Waals surface area contributed by atoms with Gasteiger partial charge < -0.3 is 16.0 Å². The molecule has 0 aromatic heterocycles. The van der Waals surface area contributed by atoms with Gasteiger partial charge in [0.1, 0.15) is 6.04 Å². The minimum atomic E-state index is -0.580. The average Bonchev–Trinajstić information content (AvgIpc) is 2.28. The van der Waals surface area contributed by atoms with Crippen molar-refractivity contribution >= 4 is 18.3 Å². The Kier molecular flexibility index (Phi) is 7.54. The van der Waals surface area contributed by atoms with Crippen LogP contribution >= 0.6 is 12.4 Å². The number of halogens is 1. The number of carbonyl (C=O) groups is 1. The first kappa shape index (κ1) is 15.9. The van der Waals surface area contributed by atoms with Crippen LogP contribution in [-0.2, 0) is 4.79 Å². The second-order valence-corrected chi connectivity index (χ2v) is 3.98. The molecule has 0 aliphatic carbocycles. The van der Waals surface area contributed by atoms with Gasteiger partial charge in [-0.05, 0) is 19.7 Å². The minimum Gasteiger partial charge on any atom is -0.353 e. The normalized spacial score (nSPS) is 11.8. The standard InChI is InChI=1S/C12H19N3O.ClH/c1-15(2)9-8-14-12(16)11(13)10-6-4-3-5-7-10;/h3-7,11H,8-9,13H2,1-2H3,(H,14,16);1H. The summed E-state index contributed by atoms with van der Waals surface area (Å²) in [5.74, 6) is -0.131. The fourth-order valence-corrected chi connectivity index (χ4v) is 1.32. The zero-order chi connectivity index (χ0) is 12.0. The molecule has 0 radical (unpaired) electrons. The molecule has 1 rings (SSSR count). The third kappa shape index (κ3) is 5.68. The number of benzene rings is 1. The van der Waals surface area contributed by atoms with Crippen LogP contribution in [0, 0.1) is 0 Å². The Balaban J connectivity index is 0.00000256. The van der Waals surface area contributed by atoms with Crippen molar-refractivity contribution in [3.8, 4) is 0 Å². The van der Waals surface area contributed by atoms with Gasteiger partial charge >= 0.3 is 0 Å². The maximum Gasteiger partial charge on any atom is 0.241 e. The van der Waals surface area contributed by atoms with Crippen LogP contribution in [0.3, 0.4) is 0 Å². The largest absolute Gasteiger partial charge is 0.353 e. The zero-order valence-electron chi connectivity index (χ0n) is 10.2. The van der Waals surface area contributed by atoms with Crippen molar-refractivity contribution in [1.82, 2.24) is 10.2 Å². The molecular formula is C12H20ClN3O. The van der Waals surface area contributed by atoms with E-state index in [0.717, 1.165) is 12.1 Å². The molecule has 3 N–H and O–H groups in total. The van der Waals surface area contributed by atoms with Crippen molar-refractivity contribution in [3.63, 3.8) is 0 Å². The number of hydrogen-bond donors (Lipinski definition) is 2. The molecule has 0 spiro atoms. The maximum absolute atomic E-state index is 11.7. The number of hydrogen-bond acceptors (Lipinski definition) is 3. The summed E-state index contributed by atoms with van der Waals surface area (Å²) in [5.41, 5.74) is 6.67. The van der Waals surface area contributed by atoms with E-state index in [2.05, 4.69) is 5.32 Å². The highest BCUT2D eigenvalue weighted by atomic mass is 35.5. The lowest BCUT2D eigenvalue weighted by Crippen LogP contribution is -2.37. The van der Waals surface area contributed by atoms with E-state index in [0.29, 0.717) is 6.54 Å². The van der Waals surface area contributed by atoms with E-state index in [4.69, 9.17) is 5.73 Å². The van der Waals surface area contributed by atoms with Crippen molar-refractivity contribution in [2.24, 2.45) is 5.73 Å². The summed E-state index contributed by atoms with van der Waals surface area (Å²) in [6, 6.07) is 8.79. The molecule has 4 nitrogen and oxygen atoms in total. The van der Waals surface area contributed by atoms with E-state index in [1.165, 1.54) is 0 Å². The molecule has 96 valence electrons. The second-order valence-electron chi connectivity index (χ2n) is 3.98. The van der Waals surface area contributed by atoms with Crippen molar-refractivity contribution in [3.05, 3.63) is 35.9 Å². The number of nitrogens with one attached hydrogen (secondary N) is 1. The van der Waals surface area contributed by atoms with E-state index in [1.54, 1.807) is 0 Å². The molecule has 1 unspecified atom stereocenters. The van der Waals surface area contributed by atoms with Crippen LogP contribution in [0.5, 0.6) is 0 Å². The van der Waals surface area contributed by atoms with E-state index < -0.39 is 6.04 Å². The van der Waals surface area contributed by atoms with Gasteiger partial charge in [-0.15, -0.1) is 12.4 Å². The fraction of sp³-hybridized carbons (Fsp3) is 0.417. The molecule has 0 saturated carbocycles. The van der Waals surface area contributed by atoms with E-state index in [9.17, 15) is 4.79 Å². The first-order valence-corrected chi connectivity index (χ1v) is 5.34. The van der Waals surface area contributed by atoms with E-state index in [1.807, 2.05) is 49.3 Å². The molecule has 0 heterocycles. The Morgan fingerprint density at radius 3 is 2.47 bits per heavy atom. The monoisotopic (exact) mass is 257 g/mol. The number of nitrogens with zero attached hydrogens (tertiary/aromatic N) is 1. The molecule has 1 aromatic rings. The Bertz CT molecular complexity index is 330. The van der Waals surface area contributed by atoms with Crippen LogP contribution in [0.25, 0.3) is 0 Å². The van der Waals surface area contributed by atoms with Crippen molar-refractivity contribution < 1.29 is 4.79 Å². The third-order valence-corrected chi connectivity index (χ3v) is 2.30. The van der Waals surface area contributed by atoms with Gasteiger partial charge in [-0.3, -0.25) is 4.79 Å². The van der Waals surface area contributed by atoms with Gasteiger partial charge in [-0.1, -0.05) is 30.3 Å². The van der Waals surface area contributed by atoms with Gasteiger partial charge in [0.15, 0.2) is 0 Å². The summed E-state index contributed by atoms with van der Waals surface area (Å²) in [4.78, 5) is 13.7. The van der Waals surface area contributed by atoms with Crippen LogP contribution in [0.1, 0.15) is 11.6 Å². The lowest BCUT2D eigenvalue weighted by molar-refractivity contribution is -0.122. The van der Waals surface area contributed by atoms with E-state index >= 15 is 0 Å². The number of nitrogens with two attached hydrogens (primary N) is 1. The summed E-state index contributed by atoms with van der Waals surface area (Å²) < 4.78 is 0. The van der Waals surface area contributed by atoms with Gasteiger partial charge in [0.2, 0.25) is 5.91 Å². The van der Waals surface area contributed by atoms with Crippen molar-refractivity contribution in [2.45, 2.75) is 6.04 Å². The topological polar surface area (TPSA) is 58.4 Å². The molecule has 17 heavy (non-hydrogen) atoms. The van der Waals surface area contributed by atoms with E-state index in [-0.39, 0.29) is 18.3 Å². The molecular weight excluding hydrogens is 238 g/mol. The Hall–Kier alpha value is -1.10.